The van der Waals surface area contributed by atoms with E-state index in [0.717, 1.165) is 27.8 Å². The molecule has 0 aliphatic carbocycles. The molecule has 1 fully saturated rings. The van der Waals surface area contributed by atoms with Gasteiger partial charge >= 0.3 is 0 Å². The van der Waals surface area contributed by atoms with Crippen LogP contribution in [-0.2, 0) is 4.79 Å². The molecule has 158 valence electrons. The van der Waals surface area contributed by atoms with E-state index < -0.39 is 0 Å². The van der Waals surface area contributed by atoms with Crippen LogP contribution in [0.1, 0.15) is 25.7 Å². The summed E-state index contributed by atoms with van der Waals surface area (Å²) in [6.07, 6.45) is 5.28. The maximum atomic E-state index is 8.36. The molecule has 0 unspecified atom stereocenters. The lowest BCUT2D eigenvalue weighted by Crippen LogP contribution is -2.31. The van der Waals surface area contributed by atoms with Crippen LogP contribution < -0.4 is 5.32 Å². The standard InChI is InChI=1S/C23H26BrN3.CH2O2/c24-19-10-11-21-20(16-19)23(17-22(26-21)18-8-3-1-4-9-18)25-12-7-15-27-13-5-2-6-14-27;2-1-3/h1,3-4,8-11,16-17H,2,5-7,12-15H2,(H,25,26);1H,(H,2,3). The SMILES string of the molecule is Brc1ccc2nc(-c3ccccc3)cc(NCCCN3CCCCC3)c2c1.O=CO. The number of carboxylic acid groups (broad SMARTS) is 1. The van der Waals surface area contributed by atoms with Crippen molar-refractivity contribution in [3.63, 3.8) is 0 Å². The molecule has 1 aromatic heterocycles. The van der Waals surface area contributed by atoms with Gasteiger partial charge in [-0.25, -0.2) is 4.98 Å². The summed E-state index contributed by atoms with van der Waals surface area (Å²) in [6, 6.07) is 18.9. The number of rotatable bonds is 6. The number of anilines is 1. The highest BCUT2D eigenvalue weighted by atomic mass is 79.9. The van der Waals surface area contributed by atoms with Crippen LogP contribution in [0.15, 0.2) is 59.1 Å². The quantitative estimate of drug-likeness (QED) is 0.360. The number of likely N-dealkylation sites (tertiary alicyclic amines) is 1. The molecule has 0 spiro atoms. The van der Waals surface area contributed by atoms with Crippen LogP contribution in [0.5, 0.6) is 0 Å². The number of nitrogens with zero attached hydrogens (tertiary/aromatic N) is 2. The van der Waals surface area contributed by atoms with Gasteiger partial charge in [0.1, 0.15) is 0 Å². The second kappa shape index (κ2) is 11.7. The fourth-order valence-corrected chi connectivity index (χ4v) is 4.17. The predicted octanol–water partition coefficient (Wildman–Crippen LogP) is 5.65. The fraction of sp³-hybridized carbons (Fsp3) is 0.333. The number of halogens is 1. The molecule has 1 saturated heterocycles. The maximum Gasteiger partial charge on any atom is 0.290 e. The van der Waals surface area contributed by atoms with Crippen LogP contribution in [0.25, 0.3) is 22.2 Å². The van der Waals surface area contributed by atoms with E-state index in [-0.39, 0.29) is 6.47 Å². The Hall–Kier alpha value is -2.44. The first-order valence-electron chi connectivity index (χ1n) is 10.4. The number of hydrogen-bond donors (Lipinski definition) is 2. The molecular formula is C24H28BrN3O2. The highest BCUT2D eigenvalue weighted by molar-refractivity contribution is 9.10. The van der Waals surface area contributed by atoms with Crippen molar-refractivity contribution in [3.8, 4) is 11.3 Å². The van der Waals surface area contributed by atoms with Crippen molar-refractivity contribution in [2.24, 2.45) is 0 Å². The minimum absolute atomic E-state index is 0.250. The average Bonchev–Trinajstić information content (AvgIpc) is 2.78. The Labute approximate surface area is 186 Å². The Kier molecular flexibility index (Phi) is 8.66. The molecule has 30 heavy (non-hydrogen) atoms. The molecule has 2 aromatic carbocycles. The fourth-order valence-electron chi connectivity index (χ4n) is 3.81. The number of piperidine rings is 1. The molecule has 0 bridgehead atoms. The molecule has 0 radical (unpaired) electrons. The van der Waals surface area contributed by atoms with Crippen LogP contribution in [-0.4, -0.2) is 47.6 Å². The Morgan fingerprint density at radius 3 is 2.53 bits per heavy atom. The van der Waals surface area contributed by atoms with Gasteiger partial charge in [0.2, 0.25) is 0 Å². The summed E-state index contributed by atoms with van der Waals surface area (Å²) in [5.74, 6) is 0. The summed E-state index contributed by atoms with van der Waals surface area (Å²) in [6.45, 7) is 4.45. The number of fused-ring (bicyclic) bond motifs is 1. The molecule has 1 aliphatic heterocycles. The maximum absolute atomic E-state index is 8.36. The van der Waals surface area contributed by atoms with Gasteiger partial charge < -0.3 is 15.3 Å². The van der Waals surface area contributed by atoms with Crippen molar-refractivity contribution in [3.05, 3.63) is 59.1 Å². The third-order valence-corrected chi connectivity index (χ3v) is 5.75. The van der Waals surface area contributed by atoms with Crippen molar-refractivity contribution >= 4 is 39.0 Å². The molecule has 6 heteroatoms. The van der Waals surface area contributed by atoms with Gasteiger partial charge in [0, 0.05) is 27.7 Å². The highest BCUT2D eigenvalue weighted by Gasteiger charge is 2.10. The predicted molar refractivity (Wildman–Crippen MR) is 127 cm³/mol. The van der Waals surface area contributed by atoms with Crippen LogP contribution >= 0.6 is 15.9 Å². The van der Waals surface area contributed by atoms with Crippen molar-refractivity contribution in [1.82, 2.24) is 9.88 Å². The van der Waals surface area contributed by atoms with Gasteiger partial charge in [-0.2, -0.15) is 0 Å². The lowest BCUT2D eigenvalue weighted by molar-refractivity contribution is -0.122. The van der Waals surface area contributed by atoms with Crippen molar-refractivity contribution in [1.29, 1.82) is 0 Å². The number of carbonyl (C=O) groups is 1. The summed E-state index contributed by atoms with van der Waals surface area (Å²) in [4.78, 5) is 15.8. The van der Waals surface area contributed by atoms with E-state index in [1.807, 2.05) is 6.07 Å². The average molecular weight is 470 g/mol. The van der Waals surface area contributed by atoms with Gasteiger partial charge in [-0.05, 0) is 63.2 Å². The number of benzene rings is 2. The molecule has 2 N–H and O–H groups in total. The molecule has 4 rings (SSSR count). The lowest BCUT2D eigenvalue weighted by Gasteiger charge is -2.26. The number of hydrogen-bond acceptors (Lipinski definition) is 4. The molecule has 0 amide bonds. The monoisotopic (exact) mass is 469 g/mol. The smallest absolute Gasteiger partial charge is 0.290 e. The molecule has 0 saturated carbocycles. The van der Waals surface area contributed by atoms with Gasteiger partial charge in [0.15, 0.2) is 0 Å². The van der Waals surface area contributed by atoms with Gasteiger partial charge in [0.25, 0.3) is 6.47 Å². The summed E-state index contributed by atoms with van der Waals surface area (Å²) in [7, 11) is 0. The van der Waals surface area contributed by atoms with E-state index in [1.54, 1.807) is 0 Å². The first-order valence-corrected chi connectivity index (χ1v) is 11.2. The van der Waals surface area contributed by atoms with Crippen LogP contribution in [0.4, 0.5) is 5.69 Å². The van der Waals surface area contributed by atoms with E-state index in [0.29, 0.717) is 0 Å². The van der Waals surface area contributed by atoms with E-state index in [2.05, 4.69) is 74.7 Å². The summed E-state index contributed by atoms with van der Waals surface area (Å²) in [5, 5.41) is 11.7. The minimum atomic E-state index is -0.250. The molecule has 1 aliphatic rings. The number of nitrogens with one attached hydrogen (secondary N) is 1. The first kappa shape index (κ1) is 22.2. The van der Waals surface area contributed by atoms with Crippen LogP contribution in [0.3, 0.4) is 0 Å². The zero-order chi connectivity index (χ0) is 21.2. The normalized spacial score (nSPS) is 14.0. The molecule has 0 atom stereocenters. The Morgan fingerprint density at radius 2 is 1.80 bits per heavy atom. The highest BCUT2D eigenvalue weighted by Crippen LogP contribution is 2.30. The Morgan fingerprint density at radius 1 is 1.07 bits per heavy atom. The third-order valence-electron chi connectivity index (χ3n) is 5.26. The second-order valence-electron chi connectivity index (χ2n) is 7.37. The summed E-state index contributed by atoms with van der Waals surface area (Å²) < 4.78 is 1.08. The first-order chi connectivity index (χ1) is 14.7. The second-order valence-corrected chi connectivity index (χ2v) is 8.29. The Balaban J connectivity index is 0.000000806. The molecule has 5 nitrogen and oxygen atoms in total. The zero-order valence-corrected chi connectivity index (χ0v) is 18.6. The van der Waals surface area contributed by atoms with Crippen molar-refractivity contribution in [2.75, 3.05) is 31.5 Å². The van der Waals surface area contributed by atoms with Gasteiger partial charge in [-0.1, -0.05) is 52.7 Å². The summed E-state index contributed by atoms with van der Waals surface area (Å²) >= 11 is 3.60. The van der Waals surface area contributed by atoms with E-state index in [9.17, 15) is 0 Å². The zero-order valence-electron chi connectivity index (χ0n) is 17.1. The van der Waals surface area contributed by atoms with Crippen LogP contribution in [0, 0.1) is 0 Å². The third kappa shape index (κ3) is 6.28. The van der Waals surface area contributed by atoms with E-state index in [4.69, 9.17) is 14.9 Å². The number of aromatic nitrogens is 1. The van der Waals surface area contributed by atoms with Crippen molar-refractivity contribution < 1.29 is 9.90 Å². The largest absolute Gasteiger partial charge is 0.483 e. The number of pyridine rings is 1. The van der Waals surface area contributed by atoms with E-state index in [1.165, 1.54) is 56.4 Å². The van der Waals surface area contributed by atoms with Gasteiger partial charge in [-0.15, -0.1) is 0 Å². The van der Waals surface area contributed by atoms with Crippen molar-refractivity contribution in [2.45, 2.75) is 25.7 Å². The van der Waals surface area contributed by atoms with E-state index >= 15 is 0 Å². The minimum Gasteiger partial charge on any atom is -0.483 e. The lowest BCUT2D eigenvalue weighted by atomic mass is 10.1. The summed E-state index contributed by atoms with van der Waals surface area (Å²) in [5.41, 5.74) is 4.36. The van der Waals surface area contributed by atoms with Gasteiger partial charge in [0.05, 0.1) is 11.2 Å². The Bertz CT molecular complexity index is 944. The molecule has 3 aromatic rings. The molecular weight excluding hydrogens is 442 g/mol. The van der Waals surface area contributed by atoms with Crippen LogP contribution in [0.2, 0.25) is 0 Å². The van der Waals surface area contributed by atoms with Gasteiger partial charge in [-0.3, -0.25) is 4.79 Å². The molecule has 2 heterocycles. The topological polar surface area (TPSA) is 65.5 Å².